The summed E-state index contributed by atoms with van der Waals surface area (Å²) in [5, 5.41) is 2.78. The number of carbonyl (C=O) groups excluding carboxylic acids is 2. The molecule has 2 rings (SSSR count). The second-order valence-electron chi connectivity index (χ2n) is 4.30. The van der Waals surface area contributed by atoms with Crippen LogP contribution in [0.4, 0.5) is 5.69 Å². The maximum Gasteiger partial charge on any atom is 0.272 e. The number of H-pyrrole nitrogens is 1. The van der Waals surface area contributed by atoms with Gasteiger partial charge in [0.25, 0.3) is 5.91 Å². The van der Waals surface area contributed by atoms with E-state index in [-0.39, 0.29) is 11.7 Å². The van der Waals surface area contributed by atoms with E-state index in [1.807, 2.05) is 25.1 Å². The second kappa shape index (κ2) is 5.40. The van der Waals surface area contributed by atoms with Crippen LogP contribution in [0.5, 0.6) is 0 Å². The molecule has 0 saturated carbocycles. The van der Waals surface area contributed by atoms with E-state index in [9.17, 15) is 9.59 Å². The molecule has 1 heterocycles. The summed E-state index contributed by atoms with van der Waals surface area (Å²) in [5.41, 5.74) is 2.64. The Kier molecular flexibility index (Phi) is 3.85. The Balaban J connectivity index is 2.18. The minimum Gasteiger partial charge on any atom is -0.356 e. The van der Waals surface area contributed by atoms with Crippen molar-refractivity contribution in [2.45, 2.75) is 13.8 Å². The number of benzene rings is 1. The van der Waals surface area contributed by atoms with Crippen molar-refractivity contribution in [3.8, 4) is 0 Å². The lowest BCUT2D eigenvalue weighted by Gasteiger charge is -2.06. The third kappa shape index (κ3) is 3.12. The van der Waals surface area contributed by atoms with Gasteiger partial charge in [0.1, 0.15) is 5.69 Å². The van der Waals surface area contributed by atoms with Gasteiger partial charge in [0.15, 0.2) is 5.78 Å². The first kappa shape index (κ1) is 13.5. The maximum absolute atomic E-state index is 12.0. The van der Waals surface area contributed by atoms with Crippen LogP contribution in [0.3, 0.4) is 0 Å². The van der Waals surface area contributed by atoms with E-state index < -0.39 is 0 Å². The van der Waals surface area contributed by atoms with Gasteiger partial charge in [-0.15, -0.1) is 0 Å². The van der Waals surface area contributed by atoms with Gasteiger partial charge in [0, 0.05) is 16.2 Å². The van der Waals surface area contributed by atoms with Crippen LogP contribution in [-0.2, 0) is 0 Å². The Morgan fingerprint density at radius 2 is 2.00 bits per heavy atom. The fourth-order valence-corrected chi connectivity index (χ4v) is 2.23. The molecule has 5 heteroatoms. The van der Waals surface area contributed by atoms with Gasteiger partial charge < -0.3 is 10.3 Å². The molecule has 1 amide bonds. The molecule has 4 nitrogen and oxygen atoms in total. The summed E-state index contributed by atoms with van der Waals surface area (Å²) < 4.78 is 0.819. The molecule has 0 bridgehead atoms. The van der Waals surface area contributed by atoms with Gasteiger partial charge >= 0.3 is 0 Å². The number of ketones is 1. The average Bonchev–Trinajstić information content (AvgIpc) is 2.82. The fraction of sp³-hybridized carbons (Fsp3) is 0.143. The summed E-state index contributed by atoms with van der Waals surface area (Å²) in [6.07, 6.45) is 1.53. The Bertz CT molecular complexity index is 647. The molecular weight excluding hydrogens is 308 g/mol. The maximum atomic E-state index is 12.0. The molecule has 19 heavy (non-hydrogen) atoms. The molecule has 0 unspecified atom stereocenters. The van der Waals surface area contributed by atoms with E-state index in [0.29, 0.717) is 16.9 Å². The number of carbonyl (C=O) groups is 2. The van der Waals surface area contributed by atoms with Crippen LogP contribution >= 0.6 is 15.9 Å². The molecule has 0 atom stereocenters. The number of aromatic amines is 1. The standard InChI is InChI=1S/C14H13BrN2O2/c1-8-3-4-12(11(15)5-8)17-14(19)13-6-10(7-16-13)9(2)18/h3-7,16H,1-2H3,(H,17,19). The molecule has 2 N–H and O–H groups in total. The van der Waals surface area contributed by atoms with Crippen molar-refractivity contribution in [1.82, 2.24) is 4.98 Å². The number of rotatable bonds is 3. The quantitative estimate of drug-likeness (QED) is 0.850. The topological polar surface area (TPSA) is 62.0 Å². The molecule has 1 aromatic heterocycles. The molecule has 2 aromatic rings. The molecule has 98 valence electrons. The third-order valence-electron chi connectivity index (χ3n) is 2.71. The summed E-state index contributed by atoms with van der Waals surface area (Å²) in [4.78, 5) is 26.0. The monoisotopic (exact) mass is 320 g/mol. The van der Waals surface area contributed by atoms with Crippen LogP contribution in [-0.4, -0.2) is 16.7 Å². The Morgan fingerprint density at radius 3 is 2.58 bits per heavy atom. The highest BCUT2D eigenvalue weighted by atomic mass is 79.9. The fourth-order valence-electron chi connectivity index (χ4n) is 1.64. The van der Waals surface area contributed by atoms with E-state index in [4.69, 9.17) is 0 Å². The highest BCUT2D eigenvalue weighted by molar-refractivity contribution is 9.10. The molecule has 0 aliphatic carbocycles. The minimum atomic E-state index is -0.281. The summed E-state index contributed by atoms with van der Waals surface area (Å²) in [7, 11) is 0. The second-order valence-corrected chi connectivity index (χ2v) is 5.15. The van der Waals surface area contributed by atoms with Crippen molar-refractivity contribution >= 4 is 33.3 Å². The first-order valence-corrected chi connectivity index (χ1v) is 6.53. The predicted molar refractivity (Wildman–Crippen MR) is 77.6 cm³/mol. The van der Waals surface area contributed by atoms with Crippen molar-refractivity contribution < 1.29 is 9.59 Å². The SMILES string of the molecule is CC(=O)c1c[nH]c(C(=O)Nc2ccc(C)cc2Br)c1. The summed E-state index contributed by atoms with van der Waals surface area (Å²) in [6.45, 7) is 3.43. The van der Waals surface area contributed by atoms with Crippen LogP contribution in [0.25, 0.3) is 0 Å². The lowest BCUT2D eigenvalue weighted by molar-refractivity contribution is 0.101. The third-order valence-corrected chi connectivity index (χ3v) is 3.36. The lowest BCUT2D eigenvalue weighted by atomic mass is 10.2. The van der Waals surface area contributed by atoms with Crippen molar-refractivity contribution in [3.63, 3.8) is 0 Å². The molecular formula is C14H13BrN2O2. The minimum absolute atomic E-state index is 0.0770. The number of halogens is 1. The molecule has 0 saturated heterocycles. The zero-order valence-corrected chi connectivity index (χ0v) is 12.2. The number of aryl methyl sites for hydroxylation is 1. The van der Waals surface area contributed by atoms with E-state index in [1.165, 1.54) is 13.1 Å². The number of Topliss-reactive ketones (excluding diaryl/α,β-unsaturated/α-hetero) is 1. The first-order valence-electron chi connectivity index (χ1n) is 5.74. The number of amides is 1. The number of anilines is 1. The van der Waals surface area contributed by atoms with E-state index in [0.717, 1.165) is 10.0 Å². The van der Waals surface area contributed by atoms with Crippen LogP contribution in [0.15, 0.2) is 34.9 Å². The van der Waals surface area contributed by atoms with Gasteiger partial charge in [0.2, 0.25) is 0 Å². The Labute approximate surface area is 119 Å². The van der Waals surface area contributed by atoms with E-state index in [2.05, 4.69) is 26.2 Å². The summed E-state index contributed by atoms with van der Waals surface area (Å²) in [6, 6.07) is 7.20. The van der Waals surface area contributed by atoms with E-state index in [1.54, 1.807) is 6.07 Å². The molecule has 0 fully saturated rings. The zero-order chi connectivity index (χ0) is 14.0. The van der Waals surface area contributed by atoms with Crippen molar-refractivity contribution in [3.05, 3.63) is 51.8 Å². The van der Waals surface area contributed by atoms with Gasteiger partial charge in [-0.3, -0.25) is 9.59 Å². The van der Waals surface area contributed by atoms with Crippen LogP contribution < -0.4 is 5.32 Å². The van der Waals surface area contributed by atoms with Gasteiger partial charge in [-0.1, -0.05) is 6.07 Å². The highest BCUT2D eigenvalue weighted by Gasteiger charge is 2.12. The van der Waals surface area contributed by atoms with E-state index >= 15 is 0 Å². The Morgan fingerprint density at radius 1 is 1.26 bits per heavy atom. The van der Waals surface area contributed by atoms with Gasteiger partial charge in [0.05, 0.1) is 5.69 Å². The van der Waals surface area contributed by atoms with Crippen molar-refractivity contribution in [1.29, 1.82) is 0 Å². The van der Waals surface area contributed by atoms with Crippen LogP contribution in [0.2, 0.25) is 0 Å². The van der Waals surface area contributed by atoms with Gasteiger partial charge in [-0.25, -0.2) is 0 Å². The Hall–Kier alpha value is -1.88. The number of hydrogen-bond acceptors (Lipinski definition) is 2. The van der Waals surface area contributed by atoms with Crippen LogP contribution in [0, 0.1) is 6.92 Å². The zero-order valence-electron chi connectivity index (χ0n) is 10.6. The first-order chi connectivity index (χ1) is 8.97. The summed E-state index contributed by atoms with van der Waals surface area (Å²) in [5.74, 6) is -0.358. The van der Waals surface area contributed by atoms with Gasteiger partial charge in [-0.2, -0.15) is 0 Å². The summed E-state index contributed by atoms with van der Waals surface area (Å²) >= 11 is 3.40. The molecule has 0 spiro atoms. The molecule has 0 aliphatic rings. The molecule has 0 radical (unpaired) electrons. The largest absolute Gasteiger partial charge is 0.356 e. The number of aromatic nitrogens is 1. The molecule has 1 aromatic carbocycles. The van der Waals surface area contributed by atoms with Gasteiger partial charge in [-0.05, 0) is 53.5 Å². The molecule has 0 aliphatic heterocycles. The highest BCUT2D eigenvalue weighted by Crippen LogP contribution is 2.23. The predicted octanol–water partition coefficient (Wildman–Crippen LogP) is 3.54. The average molecular weight is 321 g/mol. The smallest absolute Gasteiger partial charge is 0.272 e. The number of nitrogens with one attached hydrogen (secondary N) is 2. The van der Waals surface area contributed by atoms with Crippen molar-refractivity contribution in [2.75, 3.05) is 5.32 Å². The lowest BCUT2D eigenvalue weighted by Crippen LogP contribution is -2.12. The van der Waals surface area contributed by atoms with Crippen molar-refractivity contribution in [2.24, 2.45) is 0 Å². The van der Waals surface area contributed by atoms with Crippen LogP contribution in [0.1, 0.15) is 33.3 Å². The number of hydrogen-bond donors (Lipinski definition) is 2. The normalized spacial score (nSPS) is 10.3.